The van der Waals surface area contributed by atoms with Gasteiger partial charge in [-0.3, -0.25) is 0 Å². The van der Waals surface area contributed by atoms with Crippen molar-refractivity contribution in [3.05, 3.63) is 0 Å². The van der Waals surface area contributed by atoms with E-state index in [0.29, 0.717) is 6.61 Å². The minimum Gasteiger partial charge on any atom is -0.447 e. The number of nitrogens with one attached hydrogen (secondary N) is 1. The molecule has 3 nitrogen and oxygen atoms in total. The lowest BCUT2D eigenvalue weighted by molar-refractivity contribution is 0.173. The van der Waals surface area contributed by atoms with E-state index >= 15 is 0 Å². The third-order valence-corrected chi connectivity index (χ3v) is 3.20. The minimum absolute atomic E-state index is 0.00174. The van der Waals surface area contributed by atoms with Gasteiger partial charge in [0.15, 0.2) is 0 Å². The predicted molar refractivity (Wildman–Crippen MR) is 39.2 cm³/mol. The Morgan fingerprint density at radius 2 is 2.60 bits per heavy atom. The van der Waals surface area contributed by atoms with Gasteiger partial charge in [0.1, 0.15) is 6.61 Å². The Balaban J connectivity index is 2.09. The summed E-state index contributed by atoms with van der Waals surface area (Å²) in [6, 6.07) is 0. The molecule has 2 aliphatic rings. The highest BCUT2D eigenvalue weighted by atomic mass is 32.2. The molecular formula is C6H9NO2S. The average Bonchev–Trinajstić information content (AvgIpc) is 2.46. The molecule has 2 heterocycles. The summed E-state index contributed by atoms with van der Waals surface area (Å²) in [4.78, 5) is 10.7. The van der Waals surface area contributed by atoms with Gasteiger partial charge in [0.2, 0.25) is 0 Å². The van der Waals surface area contributed by atoms with Crippen LogP contribution in [0, 0.1) is 0 Å². The monoisotopic (exact) mass is 159 g/mol. The molecule has 10 heavy (non-hydrogen) atoms. The normalized spacial score (nSPS) is 38.2. The summed E-state index contributed by atoms with van der Waals surface area (Å²) in [6.07, 6.45) is 0.811. The molecule has 1 amide bonds. The van der Waals surface area contributed by atoms with E-state index in [4.69, 9.17) is 4.74 Å². The molecule has 2 aliphatic heterocycles. The van der Waals surface area contributed by atoms with E-state index in [1.807, 2.05) is 11.8 Å². The van der Waals surface area contributed by atoms with Crippen LogP contribution < -0.4 is 5.32 Å². The molecule has 0 saturated carbocycles. The molecule has 0 aromatic carbocycles. The number of hydrogen-bond acceptors (Lipinski definition) is 3. The maximum absolute atomic E-state index is 10.7. The highest BCUT2D eigenvalue weighted by Gasteiger charge is 2.42. The molecule has 56 valence electrons. The zero-order valence-electron chi connectivity index (χ0n) is 5.55. The molecule has 2 saturated heterocycles. The van der Waals surface area contributed by atoms with Gasteiger partial charge >= 0.3 is 6.09 Å². The number of cyclic esters (lactones) is 1. The SMILES string of the molecule is O=C1NC2(CCSC2)CO1. The van der Waals surface area contributed by atoms with Gasteiger partial charge < -0.3 is 10.1 Å². The van der Waals surface area contributed by atoms with Gasteiger partial charge in [0.05, 0.1) is 5.54 Å². The lowest BCUT2D eigenvalue weighted by Gasteiger charge is -2.16. The summed E-state index contributed by atoms with van der Waals surface area (Å²) >= 11 is 1.88. The highest BCUT2D eigenvalue weighted by molar-refractivity contribution is 7.99. The van der Waals surface area contributed by atoms with Crippen LogP contribution in [0.1, 0.15) is 6.42 Å². The number of carbonyl (C=O) groups excluding carboxylic acids is 1. The van der Waals surface area contributed by atoms with E-state index in [2.05, 4.69) is 5.32 Å². The number of hydrogen-bond donors (Lipinski definition) is 1. The van der Waals surface area contributed by atoms with Crippen molar-refractivity contribution in [3.63, 3.8) is 0 Å². The summed E-state index contributed by atoms with van der Waals surface area (Å²) in [6.45, 7) is 0.568. The lowest BCUT2D eigenvalue weighted by Crippen LogP contribution is -2.43. The van der Waals surface area contributed by atoms with Crippen LogP contribution in [0.15, 0.2) is 0 Å². The average molecular weight is 159 g/mol. The van der Waals surface area contributed by atoms with Crippen molar-refractivity contribution in [3.8, 4) is 0 Å². The Kier molecular flexibility index (Phi) is 1.30. The van der Waals surface area contributed by atoms with Crippen molar-refractivity contribution < 1.29 is 9.53 Å². The highest BCUT2D eigenvalue weighted by Crippen LogP contribution is 2.30. The molecule has 1 atom stereocenters. The van der Waals surface area contributed by atoms with E-state index in [0.717, 1.165) is 17.9 Å². The van der Waals surface area contributed by atoms with Crippen molar-refractivity contribution in [2.75, 3.05) is 18.1 Å². The van der Waals surface area contributed by atoms with Crippen LogP contribution in [-0.2, 0) is 4.74 Å². The molecule has 2 fully saturated rings. The predicted octanol–water partition coefficient (Wildman–Crippen LogP) is 0.602. The lowest BCUT2D eigenvalue weighted by atomic mass is 10.0. The zero-order valence-corrected chi connectivity index (χ0v) is 6.37. The van der Waals surface area contributed by atoms with Gasteiger partial charge in [-0.1, -0.05) is 0 Å². The first-order valence-corrected chi connectivity index (χ1v) is 4.49. The largest absolute Gasteiger partial charge is 0.447 e. The van der Waals surface area contributed by atoms with Gasteiger partial charge in [-0.2, -0.15) is 11.8 Å². The molecule has 1 spiro atoms. The number of alkyl carbamates (subject to hydrolysis) is 1. The zero-order chi connectivity index (χ0) is 7.03. The minimum atomic E-state index is -0.248. The molecule has 0 radical (unpaired) electrons. The Morgan fingerprint density at radius 3 is 3.10 bits per heavy atom. The first-order valence-electron chi connectivity index (χ1n) is 3.33. The summed E-state index contributed by atoms with van der Waals surface area (Å²) in [7, 11) is 0. The quantitative estimate of drug-likeness (QED) is 0.562. The molecule has 0 aromatic rings. The molecule has 0 aliphatic carbocycles. The van der Waals surface area contributed by atoms with Gasteiger partial charge in [-0.25, -0.2) is 4.79 Å². The van der Waals surface area contributed by atoms with Crippen molar-refractivity contribution in [2.24, 2.45) is 0 Å². The second kappa shape index (κ2) is 2.05. The van der Waals surface area contributed by atoms with Crippen molar-refractivity contribution in [1.82, 2.24) is 5.32 Å². The summed E-state index contributed by atoms with van der Waals surface area (Å²) in [5.41, 5.74) is 0.00174. The Labute approximate surface area is 63.5 Å². The third-order valence-electron chi connectivity index (χ3n) is 1.95. The number of ether oxygens (including phenoxy) is 1. The van der Waals surface area contributed by atoms with Crippen LogP contribution >= 0.6 is 11.8 Å². The second-order valence-electron chi connectivity index (χ2n) is 2.78. The van der Waals surface area contributed by atoms with Gasteiger partial charge in [0, 0.05) is 5.75 Å². The van der Waals surface area contributed by atoms with Gasteiger partial charge in [-0.15, -0.1) is 0 Å². The van der Waals surface area contributed by atoms with E-state index in [9.17, 15) is 4.79 Å². The van der Waals surface area contributed by atoms with Gasteiger partial charge in [-0.05, 0) is 12.2 Å². The molecule has 1 N–H and O–H groups in total. The number of rotatable bonds is 0. The smallest absolute Gasteiger partial charge is 0.407 e. The Bertz CT molecular complexity index is 165. The summed E-state index contributed by atoms with van der Waals surface area (Å²) in [5, 5.41) is 2.85. The molecule has 4 heteroatoms. The Morgan fingerprint density at radius 1 is 1.70 bits per heavy atom. The van der Waals surface area contributed by atoms with E-state index in [1.165, 1.54) is 0 Å². The van der Waals surface area contributed by atoms with Crippen LogP contribution in [0.5, 0.6) is 0 Å². The van der Waals surface area contributed by atoms with Crippen LogP contribution in [-0.4, -0.2) is 29.7 Å². The van der Waals surface area contributed by atoms with Crippen molar-refractivity contribution in [2.45, 2.75) is 12.0 Å². The maximum Gasteiger partial charge on any atom is 0.407 e. The van der Waals surface area contributed by atoms with Crippen LogP contribution in [0.25, 0.3) is 0 Å². The van der Waals surface area contributed by atoms with Crippen LogP contribution in [0.2, 0.25) is 0 Å². The molecule has 0 bridgehead atoms. The number of thioether (sulfide) groups is 1. The standard InChI is InChI=1S/C6H9NO2S/c8-5-7-6(3-9-5)1-2-10-4-6/h1-4H2,(H,7,8). The third kappa shape index (κ3) is 0.868. The molecular weight excluding hydrogens is 150 g/mol. The number of carbonyl (C=O) groups is 1. The Hall–Kier alpha value is -0.380. The second-order valence-corrected chi connectivity index (χ2v) is 3.89. The maximum atomic E-state index is 10.7. The first kappa shape index (κ1) is 6.34. The topological polar surface area (TPSA) is 38.3 Å². The molecule has 0 aromatic heterocycles. The number of amides is 1. The van der Waals surface area contributed by atoms with Crippen LogP contribution in [0.4, 0.5) is 4.79 Å². The van der Waals surface area contributed by atoms with Crippen molar-refractivity contribution in [1.29, 1.82) is 0 Å². The fourth-order valence-electron chi connectivity index (χ4n) is 1.31. The summed E-state index contributed by atoms with van der Waals surface area (Å²) in [5.74, 6) is 2.16. The summed E-state index contributed by atoms with van der Waals surface area (Å²) < 4.78 is 4.83. The van der Waals surface area contributed by atoms with Crippen LogP contribution in [0.3, 0.4) is 0 Å². The molecule has 1 unspecified atom stereocenters. The fraction of sp³-hybridized carbons (Fsp3) is 0.833. The van der Waals surface area contributed by atoms with E-state index in [-0.39, 0.29) is 11.6 Å². The van der Waals surface area contributed by atoms with Gasteiger partial charge in [0.25, 0.3) is 0 Å². The molecule has 2 rings (SSSR count). The van der Waals surface area contributed by atoms with E-state index < -0.39 is 0 Å². The first-order chi connectivity index (χ1) is 4.81. The van der Waals surface area contributed by atoms with Crippen molar-refractivity contribution >= 4 is 17.9 Å². The van der Waals surface area contributed by atoms with E-state index in [1.54, 1.807) is 0 Å². The fourth-order valence-corrected chi connectivity index (χ4v) is 2.68.